The van der Waals surface area contributed by atoms with E-state index in [4.69, 9.17) is 0 Å². The Morgan fingerprint density at radius 2 is 1.85 bits per heavy atom. The lowest BCUT2D eigenvalue weighted by atomic mass is 10.1. The highest BCUT2D eigenvalue weighted by atomic mass is 127. The third kappa shape index (κ3) is 8.99. The summed E-state index contributed by atoms with van der Waals surface area (Å²) in [5.74, 6) is 0.237. The molecule has 0 bridgehead atoms. The van der Waals surface area contributed by atoms with E-state index in [-0.39, 0.29) is 54.1 Å². The van der Waals surface area contributed by atoms with E-state index in [2.05, 4.69) is 33.1 Å². The van der Waals surface area contributed by atoms with Gasteiger partial charge in [0.05, 0.1) is 0 Å². The number of carbonyl (C=O) groups excluding carboxylic acids is 2. The molecule has 0 aliphatic carbocycles. The van der Waals surface area contributed by atoms with Gasteiger partial charge in [-0.2, -0.15) is 0 Å². The molecule has 1 aliphatic heterocycles. The molecule has 3 N–H and O–H groups in total. The van der Waals surface area contributed by atoms with Crippen LogP contribution in [0, 0.1) is 11.7 Å². The zero-order valence-electron chi connectivity index (χ0n) is 18.7. The van der Waals surface area contributed by atoms with Crippen LogP contribution in [0.2, 0.25) is 0 Å². The van der Waals surface area contributed by atoms with E-state index in [1.165, 1.54) is 29.8 Å². The molecule has 3 rings (SSSR count). The van der Waals surface area contributed by atoms with Crippen LogP contribution in [-0.4, -0.2) is 55.4 Å². The van der Waals surface area contributed by atoms with Gasteiger partial charge in [0.2, 0.25) is 11.8 Å². The number of anilines is 1. The number of nitrogens with zero attached hydrogens (tertiary/aromatic N) is 2. The van der Waals surface area contributed by atoms with Crippen molar-refractivity contribution in [1.29, 1.82) is 0 Å². The van der Waals surface area contributed by atoms with Crippen LogP contribution in [0.25, 0.3) is 0 Å². The minimum atomic E-state index is -0.358. The molecule has 0 radical (unpaired) electrons. The van der Waals surface area contributed by atoms with Crippen LogP contribution in [-0.2, 0) is 16.0 Å². The number of carbonyl (C=O) groups is 2. The second kappa shape index (κ2) is 13.8. The first-order chi connectivity index (χ1) is 15.5. The topological polar surface area (TPSA) is 85.8 Å². The summed E-state index contributed by atoms with van der Waals surface area (Å²) in [5, 5.41) is 9.03. The summed E-state index contributed by atoms with van der Waals surface area (Å²) in [7, 11) is 0. The first-order valence-electron chi connectivity index (χ1n) is 10.9. The fourth-order valence-electron chi connectivity index (χ4n) is 3.58. The van der Waals surface area contributed by atoms with Crippen molar-refractivity contribution < 1.29 is 14.0 Å². The van der Waals surface area contributed by atoms with Gasteiger partial charge in [-0.05, 0) is 43.2 Å². The first kappa shape index (κ1) is 26.6. The SMILES string of the molecule is CCNC(=NCC(=O)Nc1ccc(F)cc1)NCC1CC(=O)N(CCc2ccccc2)C1.I. The van der Waals surface area contributed by atoms with Crippen LogP contribution in [0.5, 0.6) is 0 Å². The molecule has 33 heavy (non-hydrogen) atoms. The third-order valence-corrected chi connectivity index (χ3v) is 5.22. The molecule has 1 unspecified atom stereocenters. The standard InChI is InChI=1S/C24H30FN5O2.HI/c1-2-26-24(28-16-22(31)29-21-10-8-20(25)9-11-21)27-15-19-14-23(32)30(17-19)13-12-18-6-4-3-5-7-18;/h3-11,19H,2,12-17H2,1H3,(H,29,31)(H2,26,27,28);1H. The molecule has 1 fully saturated rings. The summed E-state index contributed by atoms with van der Waals surface area (Å²) >= 11 is 0. The molecular weight excluding hydrogens is 536 g/mol. The summed E-state index contributed by atoms with van der Waals surface area (Å²) in [4.78, 5) is 30.7. The monoisotopic (exact) mass is 567 g/mol. The highest BCUT2D eigenvalue weighted by Gasteiger charge is 2.29. The van der Waals surface area contributed by atoms with E-state index in [0.29, 0.717) is 37.7 Å². The summed E-state index contributed by atoms with van der Waals surface area (Å²) in [5.41, 5.74) is 1.74. The maximum Gasteiger partial charge on any atom is 0.246 e. The van der Waals surface area contributed by atoms with Gasteiger partial charge in [0, 0.05) is 44.2 Å². The Balaban J connectivity index is 0.00000385. The molecule has 1 heterocycles. The van der Waals surface area contributed by atoms with Crippen molar-refractivity contribution in [3.63, 3.8) is 0 Å². The Morgan fingerprint density at radius 3 is 2.55 bits per heavy atom. The molecule has 1 atom stereocenters. The zero-order chi connectivity index (χ0) is 22.8. The van der Waals surface area contributed by atoms with Gasteiger partial charge in [-0.3, -0.25) is 9.59 Å². The Bertz CT molecular complexity index is 924. The number of nitrogens with one attached hydrogen (secondary N) is 3. The first-order valence-corrected chi connectivity index (χ1v) is 10.9. The fraction of sp³-hybridized carbons (Fsp3) is 0.375. The van der Waals surface area contributed by atoms with Gasteiger partial charge in [-0.25, -0.2) is 9.38 Å². The van der Waals surface area contributed by atoms with Gasteiger partial charge in [-0.15, -0.1) is 24.0 Å². The Morgan fingerprint density at radius 1 is 1.12 bits per heavy atom. The van der Waals surface area contributed by atoms with E-state index < -0.39 is 0 Å². The molecule has 1 aliphatic rings. The van der Waals surface area contributed by atoms with Gasteiger partial charge in [0.15, 0.2) is 5.96 Å². The summed E-state index contributed by atoms with van der Waals surface area (Å²) in [6.45, 7) is 4.55. The highest BCUT2D eigenvalue weighted by Crippen LogP contribution is 2.17. The van der Waals surface area contributed by atoms with Gasteiger partial charge < -0.3 is 20.9 Å². The van der Waals surface area contributed by atoms with E-state index >= 15 is 0 Å². The summed E-state index contributed by atoms with van der Waals surface area (Å²) < 4.78 is 13.0. The largest absolute Gasteiger partial charge is 0.357 e. The highest BCUT2D eigenvalue weighted by molar-refractivity contribution is 14.0. The van der Waals surface area contributed by atoms with Crippen molar-refractivity contribution in [2.75, 3.05) is 38.0 Å². The van der Waals surface area contributed by atoms with Crippen molar-refractivity contribution in [2.45, 2.75) is 19.8 Å². The number of hydrogen-bond donors (Lipinski definition) is 3. The summed E-state index contributed by atoms with van der Waals surface area (Å²) in [6.07, 6.45) is 1.35. The second-order valence-electron chi connectivity index (χ2n) is 7.78. The molecule has 2 aromatic rings. The van der Waals surface area contributed by atoms with Crippen molar-refractivity contribution in [3.8, 4) is 0 Å². The van der Waals surface area contributed by atoms with E-state index in [0.717, 1.165) is 13.0 Å². The second-order valence-corrected chi connectivity index (χ2v) is 7.78. The quantitative estimate of drug-likeness (QED) is 0.247. The van der Waals surface area contributed by atoms with Crippen LogP contribution in [0.15, 0.2) is 59.6 Å². The normalized spacial score (nSPS) is 15.7. The lowest BCUT2D eigenvalue weighted by Crippen LogP contribution is -2.41. The van der Waals surface area contributed by atoms with Crippen molar-refractivity contribution in [1.82, 2.24) is 15.5 Å². The molecule has 0 saturated carbocycles. The summed E-state index contributed by atoms with van der Waals surface area (Å²) in [6, 6.07) is 15.7. The average molecular weight is 567 g/mol. The Kier molecular flexibility index (Phi) is 11.1. The average Bonchev–Trinajstić information content (AvgIpc) is 3.16. The molecule has 0 aromatic heterocycles. The van der Waals surface area contributed by atoms with Crippen LogP contribution in [0.1, 0.15) is 18.9 Å². The van der Waals surface area contributed by atoms with Gasteiger partial charge >= 0.3 is 0 Å². The number of benzene rings is 2. The Hall–Kier alpha value is -2.69. The fourth-order valence-corrected chi connectivity index (χ4v) is 3.58. The number of halogens is 2. The minimum absolute atomic E-state index is 0. The smallest absolute Gasteiger partial charge is 0.246 e. The molecule has 2 aromatic carbocycles. The number of amides is 2. The number of aliphatic imine (C=N–C) groups is 1. The maximum absolute atomic E-state index is 13.0. The van der Waals surface area contributed by atoms with Gasteiger partial charge in [0.25, 0.3) is 0 Å². The third-order valence-electron chi connectivity index (χ3n) is 5.22. The van der Waals surface area contributed by atoms with Crippen molar-refractivity contribution in [2.24, 2.45) is 10.9 Å². The molecule has 178 valence electrons. The van der Waals surface area contributed by atoms with Crippen LogP contribution < -0.4 is 16.0 Å². The molecule has 1 saturated heterocycles. The molecular formula is C24H31FIN5O2. The van der Waals surface area contributed by atoms with E-state index in [9.17, 15) is 14.0 Å². The molecule has 9 heteroatoms. The molecule has 2 amide bonds. The van der Waals surface area contributed by atoms with Crippen molar-refractivity contribution >= 4 is 47.4 Å². The number of likely N-dealkylation sites (tertiary alicyclic amines) is 1. The predicted molar refractivity (Wildman–Crippen MR) is 139 cm³/mol. The number of hydrogen-bond acceptors (Lipinski definition) is 3. The molecule has 0 spiro atoms. The lowest BCUT2D eigenvalue weighted by molar-refractivity contribution is -0.127. The van der Waals surface area contributed by atoms with Crippen LogP contribution in [0.4, 0.5) is 10.1 Å². The van der Waals surface area contributed by atoms with E-state index in [1.54, 1.807) is 0 Å². The Labute approximate surface area is 211 Å². The predicted octanol–water partition coefficient (Wildman–Crippen LogP) is 3.03. The lowest BCUT2D eigenvalue weighted by Gasteiger charge is -2.18. The molecule has 7 nitrogen and oxygen atoms in total. The maximum atomic E-state index is 13.0. The van der Waals surface area contributed by atoms with Gasteiger partial charge in [0.1, 0.15) is 12.4 Å². The van der Waals surface area contributed by atoms with Gasteiger partial charge in [-0.1, -0.05) is 30.3 Å². The minimum Gasteiger partial charge on any atom is -0.357 e. The number of guanidine groups is 1. The number of rotatable bonds is 9. The zero-order valence-corrected chi connectivity index (χ0v) is 21.1. The van der Waals surface area contributed by atoms with Crippen molar-refractivity contribution in [3.05, 3.63) is 66.0 Å². The van der Waals surface area contributed by atoms with Crippen LogP contribution in [0.3, 0.4) is 0 Å². The van der Waals surface area contributed by atoms with Crippen LogP contribution >= 0.6 is 24.0 Å². The van der Waals surface area contributed by atoms with E-state index in [1.807, 2.05) is 30.0 Å².